The number of benzene rings is 1. The molecule has 1 aromatic carbocycles. The highest BCUT2D eigenvalue weighted by Crippen LogP contribution is 2.25. The summed E-state index contributed by atoms with van der Waals surface area (Å²) in [6.07, 6.45) is 1.14. The summed E-state index contributed by atoms with van der Waals surface area (Å²) in [6.45, 7) is 1.84. The maximum Gasteiger partial charge on any atom is 0.355 e. The average Bonchev–Trinajstić information content (AvgIpc) is 3.08. The van der Waals surface area contributed by atoms with Gasteiger partial charge < -0.3 is 9.74 Å². The van der Waals surface area contributed by atoms with E-state index in [4.69, 9.17) is 4.84 Å². The summed E-state index contributed by atoms with van der Waals surface area (Å²) >= 11 is 0. The van der Waals surface area contributed by atoms with E-state index < -0.39 is 23.8 Å². The predicted octanol–water partition coefficient (Wildman–Crippen LogP) is 0.752. The zero-order valence-electron chi connectivity index (χ0n) is 11.9. The molecule has 7 heteroatoms. The number of likely N-dealkylation sites (tertiary alicyclic amines) is 1. The minimum Gasteiger partial charge on any atom is -0.329 e. The molecule has 0 aliphatic carbocycles. The fourth-order valence-corrected chi connectivity index (χ4v) is 2.79. The van der Waals surface area contributed by atoms with E-state index in [1.165, 1.54) is 24.0 Å². The Morgan fingerprint density at radius 1 is 1.14 bits per heavy atom. The summed E-state index contributed by atoms with van der Waals surface area (Å²) in [7, 11) is 0. The lowest BCUT2D eigenvalue weighted by Crippen LogP contribution is -2.44. The van der Waals surface area contributed by atoms with Gasteiger partial charge in [0.25, 0.3) is 11.8 Å². The number of fused-ring (bicyclic) bond motifs is 1. The molecule has 2 aliphatic rings. The van der Waals surface area contributed by atoms with Gasteiger partial charge in [-0.3, -0.25) is 14.4 Å². The van der Waals surface area contributed by atoms with Gasteiger partial charge in [-0.2, -0.15) is 0 Å². The highest BCUT2D eigenvalue weighted by molar-refractivity contribution is 6.20. The van der Waals surface area contributed by atoms with Gasteiger partial charge in [0.15, 0.2) is 0 Å². The van der Waals surface area contributed by atoms with Crippen LogP contribution in [0.4, 0.5) is 0 Å². The van der Waals surface area contributed by atoms with E-state index in [1.54, 1.807) is 12.1 Å². The zero-order valence-corrected chi connectivity index (χ0v) is 11.9. The minimum absolute atomic E-state index is 0.204. The van der Waals surface area contributed by atoms with E-state index in [0.29, 0.717) is 24.4 Å². The van der Waals surface area contributed by atoms with Crippen molar-refractivity contribution in [2.24, 2.45) is 0 Å². The first-order valence-electron chi connectivity index (χ1n) is 6.97. The normalized spacial score (nSPS) is 20.3. The number of amides is 3. The van der Waals surface area contributed by atoms with Crippen molar-refractivity contribution in [3.8, 4) is 0 Å². The SMILES string of the molecule is CC(=O)N1CCC[C@@H]1C(=O)ON1C(=O)c2ccccc2C1=O. The van der Waals surface area contributed by atoms with Crippen molar-refractivity contribution in [2.75, 3.05) is 6.54 Å². The number of imide groups is 1. The van der Waals surface area contributed by atoms with Crippen molar-refractivity contribution in [2.45, 2.75) is 25.8 Å². The lowest BCUT2D eigenvalue weighted by molar-refractivity contribution is -0.175. The maximum atomic E-state index is 12.2. The number of hydrogen-bond donors (Lipinski definition) is 0. The molecule has 22 heavy (non-hydrogen) atoms. The average molecular weight is 302 g/mol. The summed E-state index contributed by atoms with van der Waals surface area (Å²) in [5, 5.41) is 0.476. The van der Waals surface area contributed by atoms with Crippen LogP contribution in [0.15, 0.2) is 24.3 Å². The second-order valence-electron chi connectivity index (χ2n) is 5.23. The lowest BCUT2D eigenvalue weighted by Gasteiger charge is -2.23. The predicted molar refractivity (Wildman–Crippen MR) is 73.4 cm³/mol. The first-order valence-corrected chi connectivity index (χ1v) is 6.97. The second-order valence-corrected chi connectivity index (χ2v) is 5.23. The number of rotatable bonds is 2. The van der Waals surface area contributed by atoms with Gasteiger partial charge in [0.05, 0.1) is 11.1 Å². The molecule has 0 aromatic heterocycles. The Hall–Kier alpha value is -2.70. The quantitative estimate of drug-likeness (QED) is 0.753. The van der Waals surface area contributed by atoms with Gasteiger partial charge >= 0.3 is 5.97 Å². The molecular formula is C15H14N2O5. The van der Waals surface area contributed by atoms with E-state index in [1.807, 2.05) is 0 Å². The fourth-order valence-electron chi connectivity index (χ4n) is 2.79. The lowest BCUT2D eigenvalue weighted by atomic mass is 10.1. The Morgan fingerprint density at radius 3 is 2.27 bits per heavy atom. The number of hydrogen-bond acceptors (Lipinski definition) is 5. The van der Waals surface area contributed by atoms with Gasteiger partial charge in [0.1, 0.15) is 6.04 Å². The van der Waals surface area contributed by atoms with Crippen molar-refractivity contribution >= 4 is 23.7 Å². The van der Waals surface area contributed by atoms with Crippen LogP contribution in [0.25, 0.3) is 0 Å². The molecule has 7 nitrogen and oxygen atoms in total. The smallest absolute Gasteiger partial charge is 0.329 e. The van der Waals surface area contributed by atoms with Gasteiger partial charge in [-0.15, -0.1) is 0 Å². The first kappa shape index (κ1) is 14.2. The summed E-state index contributed by atoms with van der Waals surface area (Å²) < 4.78 is 0. The van der Waals surface area contributed by atoms with Crippen molar-refractivity contribution in [1.29, 1.82) is 0 Å². The molecule has 0 spiro atoms. The number of carbonyl (C=O) groups excluding carboxylic acids is 4. The van der Waals surface area contributed by atoms with Crippen LogP contribution in [0.5, 0.6) is 0 Å². The van der Waals surface area contributed by atoms with Crippen LogP contribution >= 0.6 is 0 Å². The van der Waals surface area contributed by atoms with Crippen LogP contribution in [-0.4, -0.2) is 46.2 Å². The second kappa shape index (κ2) is 5.25. The van der Waals surface area contributed by atoms with Crippen LogP contribution in [0.3, 0.4) is 0 Å². The Kier molecular flexibility index (Phi) is 3.40. The molecule has 2 aliphatic heterocycles. The molecule has 3 amide bonds. The van der Waals surface area contributed by atoms with Crippen LogP contribution in [-0.2, 0) is 14.4 Å². The van der Waals surface area contributed by atoms with Crippen molar-refractivity contribution < 1.29 is 24.0 Å². The van der Waals surface area contributed by atoms with Crippen molar-refractivity contribution in [3.05, 3.63) is 35.4 Å². The molecule has 1 fully saturated rings. The van der Waals surface area contributed by atoms with E-state index in [0.717, 1.165) is 0 Å². The first-order chi connectivity index (χ1) is 10.5. The largest absolute Gasteiger partial charge is 0.355 e. The third-order valence-corrected chi connectivity index (χ3v) is 3.87. The van der Waals surface area contributed by atoms with E-state index in [2.05, 4.69) is 0 Å². The van der Waals surface area contributed by atoms with Gasteiger partial charge in [-0.05, 0) is 25.0 Å². The molecule has 1 saturated heterocycles. The van der Waals surface area contributed by atoms with Crippen LogP contribution < -0.4 is 0 Å². The molecular weight excluding hydrogens is 288 g/mol. The number of nitrogens with zero attached hydrogens (tertiary/aromatic N) is 2. The topological polar surface area (TPSA) is 84.0 Å². The van der Waals surface area contributed by atoms with Gasteiger partial charge in [-0.25, -0.2) is 4.79 Å². The molecule has 3 rings (SSSR count). The van der Waals surface area contributed by atoms with E-state index in [-0.39, 0.29) is 17.0 Å². The summed E-state index contributed by atoms with van der Waals surface area (Å²) in [5.41, 5.74) is 0.408. The Morgan fingerprint density at radius 2 is 1.73 bits per heavy atom. The molecule has 114 valence electrons. The molecule has 0 bridgehead atoms. The molecule has 0 radical (unpaired) electrons. The Labute approximate surface area is 126 Å². The van der Waals surface area contributed by atoms with Gasteiger partial charge in [-0.1, -0.05) is 17.2 Å². The number of carbonyl (C=O) groups is 4. The zero-order chi connectivity index (χ0) is 15.9. The molecule has 0 unspecified atom stereocenters. The molecule has 0 N–H and O–H groups in total. The summed E-state index contributed by atoms with van der Waals surface area (Å²) in [6, 6.07) is 5.51. The van der Waals surface area contributed by atoms with Gasteiger partial charge in [0, 0.05) is 13.5 Å². The fraction of sp³-hybridized carbons (Fsp3) is 0.333. The minimum atomic E-state index is -0.762. The molecule has 1 aromatic rings. The van der Waals surface area contributed by atoms with Crippen molar-refractivity contribution in [1.82, 2.24) is 9.96 Å². The van der Waals surface area contributed by atoms with Gasteiger partial charge in [0.2, 0.25) is 5.91 Å². The third kappa shape index (κ3) is 2.14. The number of hydroxylamine groups is 2. The highest BCUT2D eigenvalue weighted by Gasteiger charge is 2.42. The van der Waals surface area contributed by atoms with Crippen LogP contribution in [0.1, 0.15) is 40.5 Å². The summed E-state index contributed by atoms with van der Waals surface area (Å²) in [5.74, 6) is -2.33. The van der Waals surface area contributed by atoms with Crippen molar-refractivity contribution in [3.63, 3.8) is 0 Å². The maximum absolute atomic E-state index is 12.2. The monoisotopic (exact) mass is 302 g/mol. The molecule has 1 atom stereocenters. The van der Waals surface area contributed by atoms with Crippen LogP contribution in [0.2, 0.25) is 0 Å². The third-order valence-electron chi connectivity index (χ3n) is 3.87. The summed E-state index contributed by atoms with van der Waals surface area (Å²) in [4.78, 5) is 54.3. The standard InChI is InChI=1S/C15H14N2O5/c1-9(18)16-8-4-7-12(16)15(21)22-17-13(19)10-5-2-3-6-11(10)14(17)20/h2-3,5-6,12H,4,7-8H2,1H3/t12-/m1/s1. The Bertz CT molecular complexity index is 649. The highest BCUT2D eigenvalue weighted by atomic mass is 16.7. The molecule has 0 saturated carbocycles. The Balaban J connectivity index is 1.77. The van der Waals surface area contributed by atoms with E-state index >= 15 is 0 Å². The van der Waals surface area contributed by atoms with E-state index in [9.17, 15) is 19.2 Å². The van der Waals surface area contributed by atoms with Crippen LogP contribution in [0, 0.1) is 0 Å². The molecule has 2 heterocycles.